The van der Waals surface area contributed by atoms with Crippen molar-refractivity contribution in [3.63, 3.8) is 0 Å². The van der Waals surface area contributed by atoms with Crippen molar-refractivity contribution in [3.8, 4) is 0 Å². The Bertz CT molecular complexity index is 473. The molecule has 66 valence electrons. The van der Waals surface area contributed by atoms with E-state index in [2.05, 4.69) is 11.5 Å². The Morgan fingerprint density at radius 2 is 2.23 bits per heavy atom. The van der Waals surface area contributed by atoms with Gasteiger partial charge in [-0.15, -0.1) is 0 Å². The lowest BCUT2D eigenvalue weighted by molar-refractivity contribution is -0.646. The Balaban J connectivity index is 2.81. The number of nitrogens with zero attached hydrogens (tertiary/aromatic N) is 1. The van der Waals surface area contributed by atoms with Crippen molar-refractivity contribution in [2.24, 2.45) is 7.05 Å². The van der Waals surface area contributed by atoms with E-state index in [0.29, 0.717) is 0 Å². The molecule has 0 atom stereocenters. The molecule has 0 saturated carbocycles. The highest BCUT2D eigenvalue weighted by molar-refractivity contribution is 7.18. The lowest BCUT2D eigenvalue weighted by Crippen LogP contribution is -2.28. The minimum absolute atomic E-state index is 0.737. The first kappa shape index (κ1) is 8.38. The second kappa shape index (κ2) is 2.92. The van der Waals surface area contributed by atoms with Crippen molar-refractivity contribution in [1.82, 2.24) is 0 Å². The van der Waals surface area contributed by atoms with Crippen molar-refractivity contribution in [1.29, 1.82) is 0 Å². The number of carbonyl (C=O) groups is 1. The SMILES string of the molecule is Cc1sc2ccc(C=O)cc2[n+]1C. The lowest BCUT2D eigenvalue weighted by Gasteiger charge is -1.88. The fourth-order valence-electron chi connectivity index (χ4n) is 1.35. The molecule has 3 heteroatoms. The molecule has 2 rings (SSSR count). The predicted molar refractivity (Wildman–Crippen MR) is 53.1 cm³/mol. The van der Waals surface area contributed by atoms with E-state index in [0.717, 1.165) is 17.4 Å². The van der Waals surface area contributed by atoms with Gasteiger partial charge in [-0.3, -0.25) is 4.79 Å². The first-order chi connectivity index (χ1) is 6.22. The van der Waals surface area contributed by atoms with Crippen LogP contribution in [-0.2, 0) is 7.05 Å². The van der Waals surface area contributed by atoms with E-state index in [1.54, 1.807) is 11.3 Å². The summed E-state index contributed by atoms with van der Waals surface area (Å²) in [5.41, 5.74) is 1.87. The summed E-state index contributed by atoms with van der Waals surface area (Å²) in [5.74, 6) is 0. The fourth-order valence-corrected chi connectivity index (χ4v) is 2.34. The summed E-state index contributed by atoms with van der Waals surface area (Å²) in [6, 6.07) is 5.77. The van der Waals surface area contributed by atoms with Crippen LogP contribution in [0.3, 0.4) is 0 Å². The molecule has 0 aliphatic heterocycles. The van der Waals surface area contributed by atoms with Crippen LogP contribution < -0.4 is 4.57 Å². The third-order valence-corrected chi connectivity index (χ3v) is 3.34. The minimum atomic E-state index is 0.737. The molecule has 2 nitrogen and oxygen atoms in total. The molecule has 13 heavy (non-hydrogen) atoms. The number of thiazole rings is 1. The molecule has 1 heterocycles. The highest BCUT2D eigenvalue weighted by Gasteiger charge is 2.12. The maximum atomic E-state index is 10.6. The molecule has 0 fully saturated rings. The van der Waals surface area contributed by atoms with Crippen molar-refractivity contribution >= 4 is 27.8 Å². The molecule has 0 spiro atoms. The second-order valence-electron chi connectivity index (χ2n) is 3.03. The molecule has 0 aliphatic carbocycles. The average Bonchev–Trinajstić information content (AvgIpc) is 2.43. The van der Waals surface area contributed by atoms with E-state index >= 15 is 0 Å². The number of hydrogen-bond acceptors (Lipinski definition) is 2. The standard InChI is InChI=1S/C10H10NOS/c1-7-11(2)9-5-8(6-12)3-4-10(9)13-7/h3-6H,1-2H3/q+1. The van der Waals surface area contributed by atoms with Gasteiger partial charge >= 0.3 is 0 Å². The van der Waals surface area contributed by atoms with Crippen molar-refractivity contribution < 1.29 is 9.36 Å². The van der Waals surface area contributed by atoms with E-state index in [9.17, 15) is 4.79 Å². The Labute approximate surface area is 80.4 Å². The lowest BCUT2D eigenvalue weighted by atomic mass is 10.2. The maximum Gasteiger partial charge on any atom is 0.234 e. The van der Waals surface area contributed by atoms with Crippen LogP contribution in [0, 0.1) is 6.92 Å². The zero-order valence-corrected chi connectivity index (χ0v) is 8.39. The highest BCUT2D eigenvalue weighted by Crippen LogP contribution is 2.19. The summed E-state index contributed by atoms with van der Waals surface area (Å²) in [4.78, 5) is 10.6. The highest BCUT2D eigenvalue weighted by atomic mass is 32.1. The predicted octanol–water partition coefficient (Wildman–Crippen LogP) is 1.85. The molecule has 0 bridgehead atoms. The van der Waals surface area contributed by atoms with Gasteiger partial charge in [0.2, 0.25) is 10.5 Å². The van der Waals surface area contributed by atoms with Gasteiger partial charge in [0, 0.05) is 18.6 Å². The molecule has 0 saturated heterocycles. The third kappa shape index (κ3) is 1.25. The smallest absolute Gasteiger partial charge is 0.234 e. The molecule has 2 aromatic rings. The van der Waals surface area contributed by atoms with Crippen LogP contribution in [0.1, 0.15) is 15.4 Å². The molecule has 0 aliphatic rings. The largest absolute Gasteiger partial charge is 0.298 e. The minimum Gasteiger partial charge on any atom is -0.298 e. The van der Waals surface area contributed by atoms with E-state index in [1.165, 1.54) is 9.71 Å². The molecule has 0 radical (unpaired) electrons. The first-order valence-electron chi connectivity index (χ1n) is 4.07. The topological polar surface area (TPSA) is 20.9 Å². The van der Waals surface area contributed by atoms with Gasteiger partial charge in [0.25, 0.3) is 0 Å². The summed E-state index contributed by atoms with van der Waals surface area (Å²) in [5, 5.41) is 1.25. The molecule has 0 unspecified atom stereocenters. The van der Waals surface area contributed by atoms with Crippen LogP contribution in [0.25, 0.3) is 10.2 Å². The summed E-state index contributed by atoms with van der Waals surface area (Å²) in [7, 11) is 2.02. The van der Waals surface area contributed by atoms with E-state index < -0.39 is 0 Å². The van der Waals surface area contributed by atoms with E-state index in [-0.39, 0.29) is 0 Å². The Morgan fingerprint density at radius 3 is 2.92 bits per heavy atom. The van der Waals surface area contributed by atoms with Gasteiger partial charge in [0.1, 0.15) is 18.0 Å². The van der Waals surface area contributed by atoms with Crippen LogP contribution in [0.2, 0.25) is 0 Å². The number of aryl methyl sites for hydroxylation is 2. The Hall–Kier alpha value is -1.22. The van der Waals surface area contributed by atoms with Gasteiger partial charge in [0.15, 0.2) is 0 Å². The molecule has 0 amide bonds. The number of fused-ring (bicyclic) bond motifs is 1. The third-order valence-electron chi connectivity index (χ3n) is 2.21. The first-order valence-corrected chi connectivity index (χ1v) is 4.88. The van der Waals surface area contributed by atoms with Crippen LogP contribution in [0.5, 0.6) is 0 Å². The number of hydrogen-bond donors (Lipinski definition) is 0. The van der Waals surface area contributed by atoms with Gasteiger partial charge in [-0.05, 0) is 12.1 Å². The fraction of sp³-hybridized carbons (Fsp3) is 0.200. The average molecular weight is 192 g/mol. The van der Waals surface area contributed by atoms with E-state index in [1.807, 2.05) is 25.2 Å². The van der Waals surface area contributed by atoms with Crippen LogP contribution >= 0.6 is 11.3 Å². The van der Waals surface area contributed by atoms with Crippen molar-refractivity contribution in [2.45, 2.75) is 6.92 Å². The van der Waals surface area contributed by atoms with Gasteiger partial charge in [-0.2, -0.15) is 4.57 Å². The number of benzene rings is 1. The summed E-state index contributed by atoms with van der Waals surface area (Å²) < 4.78 is 3.33. The van der Waals surface area contributed by atoms with E-state index in [4.69, 9.17) is 0 Å². The Kier molecular flexibility index (Phi) is 1.88. The summed E-state index contributed by atoms with van der Waals surface area (Å²) >= 11 is 1.74. The summed E-state index contributed by atoms with van der Waals surface area (Å²) in [6.45, 7) is 2.07. The molecule has 0 N–H and O–H groups in total. The van der Waals surface area contributed by atoms with Crippen molar-refractivity contribution in [2.75, 3.05) is 0 Å². The van der Waals surface area contributed by atoms with Crippen LogP contribution in [0.4, 0.5) is 0 Å². The monoisotopic (exact) mass is 192 g/mol. The molecular formula is C10H10NOS+. The van der Waals surface area contributed by atoms with Gasteiger partial charge < -0.3 is 0 Å². The number of carbonyl (C=O) groups excluding carboxylic acids is 1. The quantitative estimate of drug-likeness (QED) is 0.499. The van der Waals surface area contributed by atoms with Gasteiger partial charge in [-0.1, -0.05) is 11.3 Å². The molecular weight excluding hydrogens is 182 g/mol. The molecule has 1 aromatic carbocycles. The van der Waals surface area contributed by atoms with Crippen molar-refractivity contribution in [3.05, 3.63) is 28.8 Å². The zero-order valence-electron chi connectivity index (χ0n) is 7.57. The summed E-state index contributed by atoms with van der Waals surface area (Å²) in [6.07, 6.45) is 0.881. The van der Waals surface area contributed by atoms with Gasteiger partial charge in [0.05, 0.1) is 0 Å². The number of rotatable bonds is 1. The zero-order chi connectivity index (χ0) is 9.42. The second-order valence-corrected chi connectivity index (χ2v) is 4.26. The molecule has 1 aromatic heterocycles. The number of aromatic nitrogens is 1. The van der Waals surface area contributed by atoms with Gasteiger partial charge in [-0.25, -0.2) is 0 Å². The normalized spacial score (nSPS) is 10.6. The number of aldehydes is 1. The maximum absolute atomic E-state index is 10.6. The van der Waals surface area contributed by atoms with Crippen LogP contribution in [-0.4, -0.2) is 6.29 Å². The Morgan fingerprint density at radius 1 is 1.46 bits per heavy atom. The van der Waals surface area contributed by atoms with Crippen LogP contribution in [0.15, 0.2) is 18.2 Å².